The first kappa shape index (κ1) is 12.6. The highest BCUT2D eigenvalue weighted by Crippen LogP contribution is 2.22. The van der Waals surface area contributed by atoms with Crippen LogP contribution in [0.15, 0.2) is 29.2 Å². The van der Waals surface area contributed by atoms with Gasteiger partial charge in [-0.2, -0.15) is 0 Å². The molecule has 1 N–H and O–H groups in total. The number of hydrogen-bond acceptors (Lipinski definition) is 3. The molecule has 0 radical (unpaired) electrons. The number of rotatable bonds is 5. The average molecular weight is 226 g/mol. The fourth-order valence-electron chi connectivity index (χ4n) is 1.11. The zero-order valence-corrected chi connectivity index (χ0v) is 10.3. The molecule has 1 aromatic rings. The van der Waals surface area contributed by atoms with Gasteiger partial charge < -0.3 is 9.84 Å². The molecule has 0 fully saturated rings. The molecule has 0 amide bonds. The van der Waals surface area contributed by atoms with Gasteiger partial charge >= 0.3 is 0 Å². The molecule has 84 valence electrons. The summed E-state index contributed by atoms with van der Waals surface area (Å²) in [5.74, 6) is 0.705. The standard InChI is InChI=1S/C12H18O2S/c1-12(2,13)9-15-11-6-4-10(5-7-11)8-14-3/h4-7,13H,8-9H2,1-3H3. The molecule has 3 heteroatoms. The first-order chi connectivity index (χ1) is 7.01. The molecular weight excluding hydrogens is 208 g/mol. The maximum Gasteiger partial charge on any atom is 0.0713 e. The summed E-state index contributed by atoms with van der Waals surface area (Å²) in [6.07, 6.45) is 0. The van der Waals surface area contributed by atoms with E-state index in [1.807, 2.05) is 13.8 Å². The number of aliphatic hydroxyl groups is 1. The molecule has 2 nitrogen and oxygen atoms in total. The second-order valence-electron chi connectivity index (χ2n) is 4.18. The smallest absolute Gasteiger partial charge is 0.0713 e. The van der Waals surface area contributed by atoms with Crippen molar-refractivity contribution in [1.82, 2.24) is 0 Å². The summed E-state index contributed by atoms with van der Waals surface area (Å²) in [5.41, 5.74) is 0.556. The van der Waals surface area contributed by atoms with Crippen LogP contribution in [0.2, 0.25) is 0 Å². The van der Waals surface area contributed by atoms with E-state index in [0.717, 1.165) is 0 Å². The van der Waals surface area contributed by atoms with E-state index in [4.69, 9.17) is 4.74 Å². The predicted octanol–water partition coefficient (Wildman–Crippen LogP) is 2.70. The van der Waals surface area contributed by atoms with Gasteiger partial charge in [0.05, 0.1) is 12.2 Å². The molecule has 1 aromatic carbocycles. The molecule has 15 heavy (non-hydrogen) atoms. The zero-order chi connectivity index (χ0) is 11.3. The Hall–Kier alpha value is -0.510. The van der Waals surface area contributed by atoms with Crippen LogP contribution in [0.4, 0.5) is 0 Å². The lowest BCUT2D eigenvalue weighted by Gasteiger charge is -2.16. The fraction of sp³-hybridized carbons (Fsp3) is 0.500. The van der Waals surface area contributed by atoms with Crippen LogP contribution >= 0.6 is 11.8 Å². The largest absolute Gasteiger partial charge is 0.390 e. The predicted molar refractivity (Wildman–Crippen MR) is 64.2 cm³/mol. The third kappa shape index (κ3) is 5.21. The minimum absolute atomic E-state index is 0.615. The molecule has 0 atom stereocenters. The van der Waals surface area contributed by atoms with Crippen molar-refractivity contribution in [3.63, 3.8) is 0 Å². The van der Waals surface area contributed by atoms with Crippen LogP contribution in [0.1, 0.15) is 19.4 Å². The SMILES string of the molecule is COCc1ccc(SCC(C)(C)O)cc1. The van der Waals surface area contributed by atoms with E-state index in [1.54, 1.807) is 18.9 Å². The van der Waals surface area contributed by atoms with Crippen LogP contribution in [0, 0.1) is 0 Å². The van der Waals surface area contributed by atoms with Gasteiger partial charge in [-0.1, -0.05) is 12.1 Å². The second kappa shape index (κ2) is 5.54. The Bertz CT molecular complexity index is 287. The van der Waals surface area contributed by atoms with Crippen LogP contribution in [-0.4, -0.2) is 23.6 Å². The van der Waals surface area contributed by atoms with E-state index in [0.29, 0.717) is 12.4 Å². The Morgan fingerprint density at radius 2 is 1.87 bits per heavy atom. The summed E-state index contributed by atoms with van der Waals surface area (Å²) in [6, 6.07) is 8.22. The Morgan fingerprint density at radius 1 is 1.27 bits per heavy atom. The van der Waals surface area contributed by atoms with Crippen LogP contribution in [0.3, 0.4) is 0 Å². The van der Waals surface area contributed by atoms with Crippen LogP contribution < -0.4 is 0 Å². The van der Waals surface area contributed by atoms with Crippen molar-refractivity contribution < 1.29 is 9.84 Å². The summed E-state index contributed by atoms with van der Waals surface area (Å²) >= 11 is 1.66. The quantitative estimate of drug-likeness (QED) is 0.783. The molecule has 0 unspecified atom stereocenters. The minimum atomic E-state index is -0.615. The molecule has 0 aromatic heterocycles. The highest BCUT2D eigenvalue weighted by Gasteiger charge is 2.12. The fourth-order valence-corrected chi connectivity index (χ4v) is 1.96. The van der Waals surface area contributed by atoms with Crippen LogP contribution in [0.5, 0.6) is 0 Å². The van der Waals surface area contributed by atoms with Crippen molar-refractivity contribution in [2.45, 2.75) is 31.0 Å². The highest BCUT2D eigenvalue weighted by molar-refractivity contribution is 7.99. The first-order valence-electron chi connectivity index (χ1n) is 4.94. The minimum Gasteiger partial charge on any atom is -0.390 e. The maximum absolute atomic E-state index is 9.58. The lowest BCUT2D eigenvalue weighted by molar-refractivity contribution is 0.107. The van der Waals surface area contributed by atoms with Crippen molar-refractivity contribution in [1.29, 1.82) is 0 Å². The topological polar surface area (TPSA) is 29.5 Å². The van der Waals surface area contributed by atoms with Crippen molar-refractivity contribution in [3.05, 3.63) is 29.8 Å². The van der Waals surface area contributed by atoms with Gasteiger partial charge in [-0.25, -0.2) is 0 Å². The normalized spacial score (nSPS) is 11.7. The lowest BCUT2D eigenvalue weighted by Crippen LogP contribution is -2.21. The second-order valence-corrected chi connectivity index (χ2v) is 5.23. The van der Waals surface area contributed by atoms with Crippen LogP contribution in [-0.2, 0) is 11.3 Å². The average Bonchev–Trinajstić information content (AvgIpc) is 2.16. The number of benzene rings is 1. The third-order valence-electron chi connectivity index (χ3n) is 1.83. The van der Waals surface area contributed by atoms with Gasteiger partial charge in [-0.15, -0.1) is 11.8 Å². The Morgan fingerprint density at radius 3 is 2.33 bits per heavy atom. The number of methoxy groups -OCH3 is 1. The first-order valence-corrected chi connectivity index (χ1v) is 5.93. The Kier molecular flexibility index (Phi) is 4.64. The van der Waals surface area contributed by atoms with Gasteiger partial charge in [0, 0.05) is 17.8 Å². The lowest BCUT2D eigenvalue weighted by atomic mass is 10.2. The van der Waals surface area contributed by atoms with Gasteiger partial charge in [0.2, 0.25) is 0 Å². The Balaban J connectivity index is 2.50. The molecule has 0 aliphatic heterocycles. The molecule has 0 aliphatic carbocycles. The number of ether oxygens (including phenoxy) is 1. The Labute approximate surface area is 95.7 Å². The van der Waals surface area contributed by atoms with E-state index in [2.05, 4.69) is 24.3 Å². The van der Waals surface area contributed by atoms with E-state index in [9.17, 15) is 5.11 Å². The van der Waals surface area contributed by atoms with Crippen molar-refractivity contribution in [2.75, 3.05) is 12.9 Å². The summed E-state index contributed by atoms with van der Waals surface area (Å²) in [4.78, 5) is 1.18. The highest BCUT2D eigenvalue weighted by atomic mass is 32.2. The third-order valence-corrected chi connectivity index (χ3v) is 3.28. The molecule has 1 rings (SSSR count). The van der Waals surface area contributed by atoms with Gasteiger partial charge in [0.1, 0.15) is 0 Å². The molecule has 0 saturated carbocycles. The maximum atomic E-state index is 9.58. The molecule has 0 aliphatic rings. The summed E-state index contributed by atoms with van der Waals surface area (Å²) in [5, 5.41) is 9.58. The summed E-state index contributed by atoms with van der Waals surface area (Å²) < 4.78 is 5.04. The van der Waals surface area contributed by atoms with E-state index in [-0.39, 0.29) is 0 Å². The zero-order valence-electron chi connectivity index (χ0n) is 9.49. The van der Waals surface area contributed by atoms with E-state index >= 15 is 0 Å². The molecule has 0 saturated heterocycles. The summed E-state index contributed by atoms with van der Waals surface area (Å²) in [6.45, 7) is 4.29. The van der Waals surface area contributed by atoms with Crippen molar-refractivity contribution in [3.8, 4) is 0 Å². The van der Waals surface area contributed by atoms with Gasteiger partial charge in [-0.05, 0) is 31.5 Å². The van der Waals surface area contributed by atoms with Crippen molar-refractivity contribution >= 4 is 11.8 Å². The molecule has 0 bridgehead atoms. The number of hydrogen-bond donors (Lipinski definition) is 1. The summed E-state index contributed by atoms with van der Waals surface area (Å²) in [7, 11) is 1.69. The van der Waals surface area contributed by atoms with Gasteiger partial charge in [0.25, 0.3) is 0 Å². The van der Waals surface area contributed by atoms with Crippen LogP contribution in [0.25, 0.3) is 0 Å². The molecule has 0 heterocycles. The number of thioether (sulfide) groups is 1. The van der Waals surface area contributed by atoms with E-state index in [1.165, 1.54) is 10.5 Å². The monoisotopic (exact) mass is 226 g/mol. The molecule has 0 spiro atoms. The van der Waals surface area contributed by atoms with E-state index < -0.39 is 5.60 Å². The van der Waals surface area contributed by atoms with Gasteiger partial charge in [0.15, 0.2) is 0 Å². The van der Waals surface area contributed by atoms with Gasteiger partial charge in [-0.3, -0.25) is 0 Å². The molecular formula is C12H18O2S. The van der Waals surface area contributed by atoms with Crippen molar-refractivity contribution in [2.24, 2.45) is 0 Å².